The average molecular weight is 385 g/mol. The van der Waals surface area contributed by atoms with Crippen LogP contribution in [0.3, 0.4) is 0 Å². The second kappa shape index (κ2) is 8.74. The van der Waals surface area contributed by atoms with E-state index in [0.29, 0.717) is 18.8 Å². The quantitative estimate of drug-likeness (QED) is 0.766. The summed E-state index contributed by atoms with van der Waals surface area (Å²) in [5, 5.41) is 9.68. The zero-order valence-corrected chi connectivity index (χ0v) is 15.3. The Hall–Kier alpha value is -2.78. The predicted octanol–water partition coefficient (Wildman–Crippen LogP) is 3.29. The number of hydrogen-bond acceptors (Lipinski definition) is 4. The largest absolute Gasteiger partial charge is 0.468 e. The number of carbonyl (C=O) groups is 1. The van der Waals surface area contributed by atoms with Gasteiger partial charge >= 0.3 is 12.2 Å². The monoisotopic (exact) mass is 385 g/mol. The summed E-state index contributed by atoms with van der Waals surface area (Å²) >= 11 is 0. The van der Waals surface area contributed by atoms with Crippen molar-refractivity contribution < 1.29 is 22.7 Å². The highest BCUT2D eigenvalue weighted by atomic mass is 19.4. The van der Waals surface area contributed by atoms with Crippen LogP contribution in [0.1, 0.15) is 18.3 Å². The van der Waals surface area contributed by atoms with Crippen LogP contribution in [0.4, 0.5) is 23.7 Å². The third kappa shape index (κ3) is 7.16. The maximum Gasteiger partial charge on any atom is 0.422 e. The highest BCUT2D eigenvalue weighted by Gasteiger charge is 2.28. The Kier molecular flexibility index (Phi) is 6.65. The van der Waals surface area contributed by atoms with Crippen LogP contribution in [-0.4, -0.2) is 40.1 Å². The van der Waals surface area contributed by atoms with Crippen LogP contribution < -0.4 is 15.4 Å². The van der Waals surface area contributed by atoms with Gasteiger partial charge in [-0.1, -0.05) is 6.92 Å². The topological polar surface area (TPSA) is 81.1 Å². The van der Waals surface area contributed by atoms with Gasteiger partial charge in [0.1, 0.15) is 0 Å². The molecule has 2 N–H and O–H groups in total. The minimum absolute atomic E-state index is 0.157. The van der Waals surface area contributed by atoms with Crippen molar-refractivity contribution in [2.24, 2.45) is 5.92 Å². The summed E-state index contributed by atoms with van der Waals surface area (Å²) in [6, 6.07) is 4.23. The summed E-state index contributed by atoms with van der Waals surface area (Å²) in [5.41, 5.74) is 2.35. The number of urea groups is 1. The summed E-state index contributed by atoms with van der Waals surface area (Å²) in [5.74, 6) is -0.0122. The van der Waals surface area contributed by atoms with Crippen molar-refractivity contribution in [3.05, 3.63) is 35.8 Å². The molecule has 0 bridgehead atoms. The van der Waals surface area contributed by atoms with E-state index in [1.54, 1.807) is 0 Å². The molecule has 0 saturated carbocycles. The van der Waals surface area contributed by atoms with Crippen LogP contribution in [0, 0.1) is 19.8 Å². The van der Waals surface area contributed by atoms with Gasteiger partial charge in [0.15, 0.2) is 6.61 Å². The molecule has 0 unspecified atom stereocenters. The molecule has 7 nitrogen and oxygen atoms in total. The van der Waals surface area contributed by atoms with Crippen LogP contribution in [-0.2, 0) is 6.54 Å². The summed E-state index contributed by atoms with van der Waals surface area (Å²) in [6.45, 7) is 5.58. The van der Waals surface area contributed by atoms with Gasteiger partial charge in [-0.05, 0) is 31.9 Å². The zero-order valence-electron chi connectivity index (χ0n) is 15.3. The first-order valence-electron chi connectivity index (χ1n) is 8.34. The number of nitrogens with zero attached hydrogens (tertiary/aromatic N) is 3. The van der Waals surface area contributed by atoms with Gasteiger partial charge < -0.3 is 15.4 Å². The first-order valence-corrected chi connectivity index (χ1v) is 8.34. The Labute approximate surface area is 154 Å². The lowest BCUT2D eigenvalue weighted by molar-refractivity contribution is -0.154. The first kappa shape index (κ1) is 20.5. The SMILES string of the molecule is Cc1cc(C)n(C[C@H](C)CNC(=O)Nc2ccc(OCC(F)(F)F)nc2)n1. The second-order valence-corrected chi connectivity index (χ2v) is 6.34. The third-order valence-corrected chi connectivity index (χ3v) is 3.58. The van der Waals surface area contributed by atoms with Gasteiger partial charge in [0, 0.05) is 24.8 Å². The van der Waals surface area contributed by atoms with Gasteiger partial charge in [0.25, 0.3) is 0 Å². The fourth-order valence-corrected chi connectivity index (χ4v) is 2.36. The Morgan fingerprint density at radius 1 is 1.33 bits per heavy atom. The van der Waals surface area contributed by atoms with Crippen LogP contribution in [0.15, 0.2) is 24.4 Å². The van der Waals surface area contributed by atoms with Gasteiger partial charge in [-0.3, -0.25) is 4.68 Å². The van der Waals surface area contributed by atoms with Crippen LogP contribution >= 0.6 is 0 Å². The van der Waals surface area contributed by atoms with E-state index >= 15 is 0 Å². The van der Waals surface area contributed by atoms with Crippen LogP contribution in [0.25, 0.3) is 0 Å². The van der Waals surface area contributed by atoms with Crippen LogP contribution in [0.2, 0.25) is 0 Å². The normalized spacial score (nSPS) is 12.5. The van der Waals surface area contributed by atoms with Crippen LogP contribution in [0.5, 0.6) is 5.88 Å². The molecule has 0 saturated heterocycles. The highest BCUT2D eigenvalue weighted by molar-refractivity contribution is 5.88. The number of halogens is 3. The number of nitrogens with one attached hydrogen (secondary N) is 2. The lowest BCUT2D eigenvalue weighted by Crippen LogP contribution is -2.33. The lowest BCUT2D eigenvalue weighted by Gasteiger charge is -2.14. The summed E-state index contributed by atoms with van der Waals surface area (Å²) in [4.78, 5) is 15.7. The molecule has 0 aliphatic rings. The van der Waals surface area contributed by atoms with E-state index in [2.05, 4.69) is 25.5 Å². The Bertz CT molecular complexity index is 759. The number of ether oxygens (including phenoxy) is 1. The maximum atomic E-state index is 12.1. The van der Waals surface area contributed by atoms with E-state index < -0.39 is 18.8 Å². The molecular weight excluding hydrogens is 363 g/mol. The van der Waals surface area contributed by atoms with E-state index in [1.165, 1.54) is 18.3 Å². The van der Waals surface area contributed by atoms with Gasteiger partial charge in [0.2, 0.25) is 5.88 Å². The van der Waals surface area contributed by atoms with Crippen molar-refractivity contribution in [2.75, 3.05) is 18.5 Å². The molecule has 27 heavy (non-hydrogen) atoms. The fourth-order valence-electron chi connectivity index (χ4n) is 2.36. The standard InChI is InChI=1S/C17H22F3N5O2/c1-11(9-25-13(3)6-12(2)24-25)7-22-16(26)23-14-4-5-15(21-8-14)27-10-17(18,19)20/h4-6,8,11H,7,9-10H2,1-3H3,(H2,22,23,26)/t11-/m1/s1. The number of anilines is 1. The van der Waals surface area contributed by atoms with Crippen molar-refractivity contribution in [3.63, 3.8) is 0 Å². The molecule has 0 aliphatic heterocycles. The van der Waals surface area contributed by atoms with E-state index in [4.69, 9.17) is 0 Å². The smallest absolute Gasteiger partial charge is 0.422 e. The third-order valence-electron chi connectivity index (χ3n) is 3.58. The molecule has 2 amide bonds. The molecule has 2 aromatic rings. The lowest BCUT2D eigenvalue weighted by atomic mass is 10.2. The van der Waals surface area contributed by atoms with Gasteiger partial charge in [-0.15, -0.1) is 0 Å². The summed E-state index contributed by atoms with van der Waals surface area (Å²) in [6.07, 6.45) is -3.20. The van der Waals surface area contributed by atoms with E-state index in [-0.39, 0.29) is 11.8 Å². The number of pyridine rings is 1. The zero-order chi connectivity index (χ0) is 20.0. The van der Waals surface area contributed by atoms with Gasteiger partial charge in [-0.2, -0.15) is 18.3 Å². The average Bonchev–Trinajstić information content (AvgIpc) is 2.89. The molecule has 0 radical (unpaired) electrons. The molecule has 148 valence electrons. The summed E-state index contributed by atoms with van der Waals surface area (Å²) < 4.78 is 42.6. The number of aromatic nitrogens is 3. The minimum atomic E-state index is -4.43. The number of alkyl halides is 3. The minimum Gasteiger partial charge on any atom is -0.468 e. The van der Waals surface area contributed by atoms with E-state index in [9.17, 15) is 18.0 Å². The number of rotatable bonds is 7. The highest BCUT2D eigenvalue weighted by Crippen LogP contribution is 2.18. The molecule has 2 rings (SSSR count). The molecule has 2 aromatic heterocycles. The van der Waals surface area contributed by atoms with Gasteiger partial charge in [-0.25, -0.2) is 9.78 Å². The van der Waals surface area contributed by atoms with Crippen molar-refractivity contribution in [3.8, 4) is 5.88 Å². The Balaban J connectivity index is 1.75. The second-order valence-electron chi connectivity index (χ2n) is 6.34. The number of carbonyl (C=O) groups excluding carboxylic acids is 1. The Morgan fingerprint density at radius 2 is 2.07 bits per heavy atom. The summed E-state index contributed by atoms with van der Waals surface area (Å²) in [7, 11) is 0. The molecular formula is C17H22F3N5O2. The van der Waals surface area contributed by atoms with Crippen molar-refractivity contribution in [1.29, 1.82) is 0 Å². The predicted molar refractivity (Wildman–Crippen MR) is 93.7 cm³/mol. The first-order chi connectivity index (χ1) is 12.6. The van der Waals surface area contributed by atoms with E-state index in [0.717, 1.165) is 11.4 Å². The maximum absolute atomic E-state index is 12.1. The number of hydrogen-bond donors (Lipinski definition) is 2. The molecule has 0 fully saturated rings. The van der Waals surface area contributed by atoms with E-state index in [1.807, 2.05) is 31.5 Å². The van der Waals surface area contributed by atoms with Crippen molar-refractivity contribution in [2.45, 2.75) is 33.5 Å². The number of amides is 2. The number of aryl methyl sites for hydroxylation is 2. The molecule has 10 heteroatoms. The van der Waals surface area contributed by atoms with Crippen molar-refractivity contribution in [1.82, 2.24) is 20.1 Å². The fraction of sp³-hybridized carbons (Fsp3) is 0.471. The molecule has 1 atom stereocenters. The molecule has 0 aromatic carbocycles. The molecule has 0 spiro atoms. The molecule has 0 aliphatic carbocycles. The van der Waals surface area contributed by atoms with Gasteiger partial charge in [0.05, 0.1) is 17.6 Å². The molecule has 2 heterocycles. The Morgan fingerprint density at radius 3 is 2.63 bits per heavy atom. The van der Waals surface area contributed by atoms with Crippen molar-refractivity contribution >= 4 is 11.7 Å².